The number of nitrogens with zero attached hydrogens (tertiary/aromatic N) is 1. The monoisotopic (exact) mass is 296 g/mol. The molecule has 0 aromatic carbocycles. The number of ether oxygens (including phenoxy) is 2. The highest BCUT2D eigenvalue weighted by Crippen LogP contribution is 2.19. The summed E-state index contributed by atoms with van der Waals surface area (Å²) < 4.78 is 11.5. The lowest BCUT2D eigenvalue weighted by Crippen LogP contribution is -2.52. The molecule has 3 aliphatic heterocycles. The SMILES string of the molecule is O=C([C@H]1CCCCN1)N(CC1CCCO1)CC1CCCO1. The Kier molecular flexibility index (Phi) is 5.49. The van der Waals surface area contributed by atoms with Gasteiger partial charge in [-0.3, -0.25) is 4.79 Å². The minimum atomic E-state index is 0.00144. The Morgan fingerprint density at radius 2 is 1.62 bits per heavy atom. The van der Waals surface area contributed by atoms with Gasteiger partial charge in [0.1, 0.15) is 0 Å². The molecule has 5 nitrogen and oxygen atoms in total. The molecule has 3 saturated heterocycles. The van der Waals surface area contributed by atoms with Crippen LogP contribution in [0.1, 0.15) is 44.9 Å². The highest BCUT2D eigenvalue weighted by molar-refractivity contribution is 5.82. The molecule has 0 saturated carbocycles. The standard InChI is InChI=1S/C16H28N2O3/c19-16(15-7-1-2-8-17-15)18(11-13-5-3-9-20-13)12-14-6-4-10-21-14/h13-15,17H,1-12H2/t13?,14?,15-/m1/s1. The summed E-state index contributed by atoms with van der Waals surface area (Å²) in [6.45, 7) is 4.11. The molecule has 3 aliphatic rings. The zero-order chi connectivity index (χ0) is 14.5. The van der Waals surface area contributed by atoms with E-state index in [2.05, 4.69) is 5.32 Å². The Morgan fingerprint density at radius 1 is 0.952 bits per heavy atom. The lowest BCUT2D eigenvalue weighted by atomic mass is 10.0. The molecule has 120 valence electrons. The van der Waals surface area contributed by atoms with E-state index in [4.69, 9.17) is 9.47 Å². The summed E-state index contributed by atoms with van der Waals surface area (Å²) in [5, 5.41) is 3.38. The molecule has 0 aromatic rings. The fourth-order valence-electron chi connectivity index (χ4n) is 3.61. The van der Waals surface area contributed by atoms with Gasteiger partial charge in [-0.2, -0.15) is 0 Å². The third-order valence-electron chi connectivity index (χ3n) is 4.82. The minimum absolute atomic E-state index is 0.00144. The summed E-state index contributed by atoms with van der Waals surface area (Å²) in [6, 6.07) is 0.00144. The molecule has 2 unspecified atom stereocenters. The normalized spacial score (nSPS) is 33.2. The molecule has 1 N–H and O–H groups in total. The number of piperidine rings is 1. The summed E-state index contributed by atoms with van der Waals surface area (Å²) in [4.78, 5) is 14.8. The fraction of sp³-hybridized carbons (Fsp3) is 0.938. The van der Waals surface area contributed by atoms with Gasteiger partial charge in [0.25, 0.3) is 0 Å². The van der Waals surface area contributed by atoms with Gasteiger partial charge in [0.05, 0.1) is 18.2 Å². The number of hydrogen-bond acceptors (Lipinski definition) is 4. The maximum Gasteiger partial charge on any atom is 0.239 e. The molecular weight excluding hydrogens is 268 g/mol. The molecule has 3 rings (SSSR count). The molecule has 21 heavy (non-hydrogen) atoms. The van der Waals surface area contributed by atoms with Crippen LogP contribution in [0.3, 0.4) is 0 Å². The Balaban J connectivity index is 1.59. The van der Waals surface area contributed by atoms with E-state index in [1.54, 1.807) is 0 Å². The topological polar surface area (TPSA) is 50.8 Å². The summed E-state index contributed by atoms with van der Waals surface area (Å²) in [7, 11) is 0. The van der Waals surface area contributed by atoms with Crippen molar-refractivity contribution < 1.29 is 14.3 Å². The Hall–Kier alpha value is -0.650. The third kappa shape index (κ3) is 4.18. The van der Waals surface area contributed by atoms with E-state index in [9.17, 15) is 4.79 Å². The third-order valence-corrected chi connectivity index (χ3v) is 4.82. The number of rotatable bonds is 5. The van der Waals surface area contributed by atoms with Crippen molar-refractivity contribution >= 4 is 5.91 Å². The fourth-order valence-corrected chi connectivity index (χ4v) is 3.61. The van der Waals surface area contributed by atoms with Gasteiger partial charge < -0.3 is 19.7 Å². The van der Waals surface area contributed by atoms with Crippen molar-refractivity contribution in [2.45, 2.75) is 63.2 Å². The Morgan fingerprint density at radius 3 is 2.10 bits per heavy atom. The van der Waals surface area contributed by atoms with Crippen LogP contribution < -0.4 is 5.32 Å². The van der Waals surface area contributed by atoms with Gasteiger partial charge in [-0.1, -0.05) is 6.42 Å². The van der Waals surface area contributed by atoms with Gasteiger partial charge in [0.2, 0.25) is 5.91 Å². The second-order valence-corrected chi connectivity index (χ2v) is 6.52. The van der Waals surface area contributed by atoms with E-state index in [1.807, 2.05) is 4.90 Å². The van der Waals surface area contributed by atoms with Crippen molar-refractivity contribution in [3.05, 3.63) is 0 Å². The van der Waals surface area contributed by atoms with Gasteiger partial charge in [-0.15, -0.1) is 0 Å². The van der Waals surface area contributed by atoms with Crippen LogP contribution in [-0.4, -0.2) is 61.9 Å². The van der Waals surface area contributed by atoms with Crippen LogP contribution >= 0.6 is 0 Å². The van der Waals surface area contributed by atoms with Crippen LogP contribution in [0.25, 0.3) is 0 Å². The highest BCUT2D eigenvalue weighted by Gasteiger charge is 2.31. The van der Waals surface area contributed by atoms with E-state index in [0.717, 1.165) is 71.4 Å². The van der Waals surface area contributed by atoms with Gasteiger partial charge in [0.15, 0.2) is 0 Å². The van der Waals surface area contributed by atoms with E-state index < -0.39 is 0 Å². The molecular formula is C16H28N2O3. The summed E-state index contributed by atoms with van der Waals surface area (Å²) in [6.07, 6.45) is 8.13. The second-order valence-electron chi connectivity index (χ2n) is 6.52. The van der Waals surface area contributed by atoms with Crippen molar-refractivity contribution in [2.75, 3.05) is 32.8 Å². The van der Waals surface area contributed by atoms with Crippen LogP contribution in [0.5, 0.6) is 0 Å². The predicted molar refractivity (Wildman–Crippen MR) is 80.2 cm³/mol. The first-order chi connectivity index (χ1) is 10.3. The van der Waals surface area contributed by atoms with Crippen LogP contribution in [0.15, 0.2) is 0 Å². The van der Waals surface area contributed by atoms with Crippen molar-refractivity contribution in [3.8, 4) is 0 Å². The number of carbonyl (C=O) groups is 1. The summed E-state index contributed by atoms with van der Waals surface area (Å²) >= 11 is 0. The maximum absolute atomic E-state index is 12.8. The molecule has 1 amide bonds. The average molecular weight is 296 g/mol. The van der Waals surface area contributed by atoms with Gasteiger partial charge >= 0.3 is 0 Å². The molecule has 0 spiro atoms. The molecule has 3 atom stereocenters. The largest absolute Gasteiger partial charge is 0.376 e. The zero-order valence-corrected chi connectivity index (χ0v) is 12.9. The van der Waals surface area contributed by atoms with E-state index in [1.165, 1.54) is 6.42 Å². The van der Waals surface area contributed by atoms with E-state index in [-0.39, 0.29) is 24.2 Å². The number of carbonyl (C=O) groups excluding carboxylic acids is 1. The Bertz CT molecular complexity index is 314. The molecule has 5 heteroatoms. The lowest BCUT2D eigenvalue weighted by molar-refractivity contribution is -0.137. The van der Waals surface area contributed by atoms with Crippen LogP contribution in [0.2, 0.25) is 0 Å². The average Bonchev–Trinajstić information content (AvgIpc) is 3.20. The van der Waals surface area contributed by atoms with Crippen molar-refractivity contribution in [1.82, 2.24) is 10.2 Å². The van der Waals surface area contributed by atoms with Gasteiger partial charge in [-0.05, 0) is 45.1 Å². The first kappa shape index (κ1) is 15.3. The highest BCUT2D eigenvalue weighted by atomic mass is 16.5. The second kappa shape index (κ2) is 7.56. The molecule has 3 heterocycles. The zero-order valence-electron chi connectivity index (χ0n) is 12.9. The van der Waals surface area contributed by atoms with Crippen LogP contribution in [-0.2, 0) is 14.3 Å². The maximum atomic E-state index is 12.8. The van der Waals surface area contributed by atoms with Crippen LogP contribution in [0, 0.1) is 0 Å². The quantitative estimate of drug-likeness (QED) is 0.831. The first-order valence-electron chi connectivity index (χ1n) is 8.58. The molecule has 0 bridgehead atoms. The van der Waals surface area contributed by atoms with Crippen molar-refractivity contribution in [3.63, 3.8) is 0 Å². The van der Waals surface area contributed by atoms with Gasteiger partial charge in [-0.25, -0.2) is 0 Å². The minimum Gasteiger partial charge on any atom is -0.376 e. The molecule has 0 aliphatic carbocycles. The molecule has 0 radical (unpaired) electrons. The summed E-state index contributed by atoms with van der Waals surface area (Å²) in [5.74, 6) is 0.251. The number of hydrogen-bond donors (Lipinski definition) is 1. The first-order valence-corrected chi connectivity index (χ1v) is 8.58. The summed E-state index contributed by atoms with van der Waals surface area (Å²) in [5.41, 5.74) is 0. The van der Waals surface area contributed by atoms with Crippen LogP contribution in [0.4, 0.5) is 0 Å². The van der Waals surface area contributed by atoms with E-state index >= 15 is 0 Å². The van der Waals surface area contributed by atoms with E-state index in [0.29, 0.717) is 0 Å². The molecule has 3 fully saturated rings. The Labute approximate surface area is 127 Å². The van der Waals surface area contributed by atoms with Gasteiger partial charge in [0, 0.05) is 26.3 Å². The lowest BCUT2D eigenvalue weighted by Gasteiger charge is -2.32. The number of nitrogens with one attached hydrogen (secondary N) is 1. The van der Waals surface area contributed by atoms with Crippen molar-refractivity contribution in [2.24, 2.45) is 0 Å². The predicted octanol–water partition coefficient (Wildman–Crippen LogP) is 1.32. The number of amides is 1. The van der Waals surface area contributed by atoms with Crippen molar-refractivity contribution in [1.29, 1.82) is 0 Å². The smallest absolute Gasteiger partial charge is 0.239 e. The molecule has 0 aromatic heterocycles.